The van der Waals surface area contributed by atoms with Crippen molar-refractivity contribution in [3.05, 3.63) is 47.0 Å². The van der Waals surface area contributed by atoms with E-state index in [1.54, 1.807) is 0 Å². The van der Waals surface area contributed by atoms with Crippen LogP contribution >= 0.6 is 24.0 Å². The molecule has 1 aromatic heterocycles. The predicted octanol–water partition coefficient (Wildman–Crippen LogP) is 2.65. The molecule has 0 spiro atoms. The number of rotatable bonds is 7. The number of guanidine groups is 1. The van der Waals surface area contributed by atoms with Crippen molar-refractivity contribution in [1.29, 1.82) is 0 Å². The van der Waals surface area contributed by atoms with Crippen LogP contribution in [-0.2, 0) is 37.3 Å². The predicted molar refractivity (Wildman–Crippen MR) is 136 cm³/mol. The van der Waals surface area contributed by atoms with Crippen LogP contribution in [0.3, 0.4) is 0 Å². The van der Waals surface area contributed by atoms with Gasteiger partial charge < -0.3 is 15.5 Å². The number of likely N-dealkylation sites (tertiary alicyclic amines) is 1. The number of amides is 1. The number of nitrogens with zero attached hydrogens (tertiary/aromatic N) is 5. The maximum absolute atomic E-state index is 11.9. The lowest BCUT2D eigenvalue weighted by Crippen LogP contribution is -2.47. The number of aryl methyl sites for hydroxylation is 2. The van der Waals surface area contributed by atoms with Gasteiger partial charge in [0.15, 0.2) is 11.8 Å². The van der Waals surface area contributed by atoms with Crippen LogP contribution in [0.5, 0.6) is 0 Å². The summed E-state index contributed by atoms with van der Waals surface area (Å²) in [6, 6.07) is 8.68. The SMILES string of the molecule is CCNC(=NCc1cccc(CN2CCCC2=O)c1)NC1CCc2nc(CC)nn2C1.I. The lowest BCUT2D eigenvalue weighted by Gasteiger charge is -2.25. The van der Waals surface area contributed by atoms with Crippen LogP contribution in [0.15, 0.2) is 29.3 Å². The van der Waals surface area contributed by atoms with Gasteiger partial charge in [0.1, 0.15) is 5.82 Å². The Morgan fingerprint density at radius 1 is 1.25 bits per heavy atom. The molecule has 1 fully saturated rings. The molecule has 1 aromatic carbocycles. The number of benzene rings is 1. The van der Waals surface area contributed by atoms with E-state index in [-0.39, 0.29) is 35.9 Å². The summed E-state index contributed by atoms with van der Waals surface area (Å²) in [6.45, 7) is 7.94. The largest absolute Gasteiger partial charge is 0.357 e. The summed E-state index contributed by atoms with van der Waals surface area (Å²) in [6.07, 6.45) is 4.47. The van der Waals surface area contributed by atoms with Gasteiger partial charge >= 0.3 is 0 Å². The second kappa shape index (κ2) is 11.6. The highest BCUT2D eigenvalue weighted by molar-refractivity contribution is 14.0. The molecule has 1 atom stereocenters. The molecular weight excluding hydrogens is 517 g/mol. The summed E-state index contributed by atoms with van der Waals surface area (Å²) < 4.78 is 2.03. The van der Waals surface area contributed by atoms with Crippen LogP contribution < -0.4 is 10.6 Å². The fraction of sp³-hybridized carbons (Fsp3) is 0.565. The van der Waals surface area contributed by atoms with Crippen LogP contribution in [-0.4, -0.2) is 50.7 Å². The van der Waals surface area contributed by atoms with Crippen molar-refractivity contribution in [1.82, 2.24) is 30.3 Å². The summed E-state index contributed by atoms with van der Waals surface area (Å²) in [4.78, 5) is 23.3. The molecule has 174 valence electrons. The van der Waals surface area contributed by atoms with Crippen molar-refractivity contribution < 1.29 is 4.79 Å². The number of aliphatic imine (C=N–C) groups is 1. The third kappa shape index (κ3) is 6.20. The Morgan fingerprint density at radius 3 is 2.84 bits per heavy atom. The molecule has 9 heteroatoms. The quantitative estimate of drug-likeness (QED) is 0.314. The van der Waals surface area contributed by atoms with E-state index >= 15 is 0 Å². The van der Waals surface area contributed by atoms with Crippen molar-refractivity contribution >= 4 is 35.8 Å². The third-order valence-corrected chi connectivity index (χ3v) is 5.86. The summed E-state index contributed by atoms with van der Waals surface area (Å²) in [5, 5.41) is 11.5. The molecule has 0 saturated carbocycles. The van der Waals surface area contributed by atoms with Gasteiger partial charge in [-0.25, -0.2) is 14.7 Å². The van der Waals surface area contributed by atoms with Gasteiger partial charge in [-0.2, -0.15) is 5.10 Å². The smallest absolute Gasteiger partial charge is 0.222 e. The number of carbonyl (C=O) groups is 1. The van der Waals surface area contributed by atoms with Gasteiger partial charge in [-0.1, -0.05) is 31.2 Å². The van der Waals surface area contributed by atoms with Crippen molar-refractivity contribution in [2.45, 2.75) is 71.6 Å². The molecule has 2 aliphatic heterocycles. The molecule has 2 aliphatic rings. The highest BCUT2D eigenvalue weighted by atomic mass is 127. The fourth-order valence-electron chi connectivity index (χ4n) is 4.23. The van der Waals surface area contributed by atoms with Gasteiger partial charge in [-0.3, -0.25) is 4.79 Å². The Bertz CT molecular complexity index is 942. The summed E-state index contributed by atoms with van der Waals surface area (Å²) >= 11 is 0. The van der Waals surface area contributed by atoms with Gasteiger partial charge in [0.05, 0.1) is 13.1 Å². The van der Waals surface area contributed by atoms with E-state index in [0.29, 0.717) is 19.5 Å². The van der Waals surface area contributed by atoms with E-state index in [2.05, 4.69) is 58.8 Å². The number of hydrogen-bond acceptors (Lipinski definition) is 4. The van der Waals surface area contributed by atoms with Gasteiger partial charge in [0.25, 0.3) is 0 Å². The van der Waals surface area contributed by atoms with Crippen molar-refractivity contribution in [3.63, 3.8) is 0 Å². The molecular formula is C23H34IN7O. The molecule has 1 saturated heterocycles. The minimum Gasteiger partial charge on any atom is -0.357 e. The van der Waals surface area contributed by atoms with E-state index in [0.717, 1.165) is 68.5 Å². The van der Waals surface area contributed by atoms with Crippen LogP contribution in [0.4, 0.5) is 0 Å². The second-order valence-electron chi connectivity index (χ2n) is 8.29. The Balaban J connectivity index is 0.00000289. The van der Waals surface area contributed by atoms with Crippen LogP contribution in [0.25, 0.3) is 0 Å². The van der Waals surface area contributed by atoms with Gasteiger partial charge in [0, 0.05) is 44.9 Å². The lowest BCUT2D eigenvalue weighted by molar-refractivity contribution is -0.128. The average molecular weight is 551 g/mol. The first-order valence-electron chi connectivity index (χ1n) is 11.5. The molecule has 32 heavy (non-hydrogen) atoms. The maximum Gasteiger partial charge on any atom is 0.222 e. The van der Waals surface area contributed by atoms with Crippen molar-refractivity contribution in [2.24, 2.45) is 4.99 Å². The Labute approximate surface area is 207 Å². The monoisotopic (exact) mass is 551 g/mol. The van der Waals surface area contributed by atoms with E-state index in [1.807, 2.05) is 9.58 Å². The fourth-order valence-corrected chi connectivity index (χ4v) is 4.23. The number of halogens is 1. The summed E-state index contributed by atoms with van der Waals surface area (Å²) in [5.74, 6) is 3.10. The van der Waals surface area contributed by atoms with E-state index in [4.69, 9.17) is 4.99 Å². The second-order valence-corrected chi connectivity index (χ2v) is 8.29. The Kier molecular flexibility index (Phi) is 8.89. The van der Waals surface area contributed by atoms with Gasteiger partial charge in [-0.15, -0.1) is 24.0 Å². The molecule has 3 heterocycles. The molecule has 1 unspecified atom stereocenters. The molecule has 8 nitrogen and oxygen atoms in total. The minimum absolute atomic E-state index is 0. The molecule has 4 rings (SSSR count). The standard InChI is InChI=1S/C23H33N7O.HI/c1-3-20-27-21-11-10-19(16-30(21)28-20)26-23(24-4-2)25-14-17-7-5-8-18(13-17)15-29-12-6-9-22(29)31;/h5,7-8,13,19H,3-4,6,9-12,14-16H2,1-2H3,(H2,24,25,26);1H. The number of hydrogen-bond donors (Lipinski definition) is 2. The van der Waals surface area contributed by atoms with E-state index in [1.165, 1.54) is 5.56 Å². The molecule has 1 amide bonds. The normalized spacial score (nSPS) is 18.3. The molecule has 0 aliphatic carbocycles. The average Bonchev–Trinajstić information content (AvgIpc) is 3.38. The number of fused-ring (bicyclic) bond motifs is 1. The molecule has 0 bridgehead atoms. The van der Waals surface area contributed by atoms with Crippen LogP contribution in [0, 0.1) is 0 Å². The van der Waals surface area contributed by atoms with Gasteiger partial charge in [-0.05, 0) is 30.9 Å². The van der Waals surface area contributed by atoms with Crippen molar-refractivity contribution in [2.75, 3.05) is 13.1 Å². The van der Waals surface area contributed by atoms with Crippen molar-refractivity contribution in [3.8, 4) is 0 Å². The zero-order valence-corrected chi connectivity index (χ0v) is 21.3. The number of carbonyl (C=O) groups excluding carboxylic acids is 1. The highest BCUT2D eigenvalue weighted by Crippen LogP contribution is 2.16. The Morgan fingerprint density at radius 2 is 2.09 bits per heavy atom. The van der Waals surface area contributed by atoms with E-state index < -0.39 is 0 Å². The van der Waals surface area contributed by atoms with E-state index in [9.17, 15) is 4.79 Å². The highest BCUT2D eigenvalue weighted by Gasteiger charge is 2.22. The lowest BCUT2D eigenvalue weighted by atomic mass is 10.1. The minimum atomic E-state index is 0. The maximum atomic E-state index is 11.9. The zero-order valence-electron chi connectivity index (χ0n) is 19.0. The molecule has 2 N–H and O–H groups in total. The third-order valence-electron chi connectivity index (χ3n) is 5.86. The van der Waals surface area contributed by atoms with Crippen LogP contribution in [0.1, 0.15) is 55.9 Å². The topological polar surface area (TPSA) is 87.4 Å². The first-order valence-corrected chi connectivity index (χ1v) is 11.5. The molecule has 0 radical (unpaired) electrons. The number of aromatic nitrogens is 3. The summed E-state index contributed by atoms with van der Waals surface area (Å²) in [7, 11) is 0. The Hall–Kier alpha value is -2.17. The first kappa shape index (κ1) is 24.5. The number of nitrogens with one attached hydrogen (secondary N) is 2. The molecule has 2 aromatic rings. The van der Waals surface area contributed by atoms with Crippen LogP contribution in [0.2, 0.25) is 0 Å². The first-order chi connectivity index (χ1) is 15.1. The van der Waals surface area contributed by atoms with Gasteiger partial charge in [0.2, 0.25) is 5.91 Å². The zero-order chi connectivity index (χ0) is 21.6. The summed E-state index contributed by atoms with van der Waals surface area (Å²) in [5.41, 5.74) is 2.31.